The van der Waals surface area contributed by atoms with E-state index in [-0.39, 0.29) is 17.6 Å². The fraction of sp³-hybridized carbons (Fsp3) is 0.250. The summed E-state index contributed by atoms with van der Waals surface area (Å²) < 4.78 is 0. The van der Waals surface area contributed by atoms with E-state index in [0.29, 0.717) is 18.5 Å². The van der Waals surface area contributed by atoms with Crippen LogP contribution in [0.3, 0.4) is 0 Å². The Morgan fingerprint density at radius 1 is 1.25 bits per heavy atom. The van der Waals surface area contributed by atoms with Gasteiger partial charge < -0.3 is 4.90 Å². The average molecular weight is 377 g/mol. The summed E-state index contributed by atoms with van der Waals surface area (Å²) in [6, 6.07) is 15.0. The van der Waals surface area contributed by atoms with E-state index in [1.165, 1.54) is 12.1 Å². The van der Waals surface area contributed by atoms with E-state index in [4.69, 9.17) is 5.53 Å². The number of amides is 1. The highest BCUT2D eigenvalue weighted by molar-refractivity contribution is 6.02. The molecule has 1 fully saturated rings. The highest BCUT2D eigenvalue weighted by Crippen LogP contribution is 2.41. The summed E-state index contributed by atoms with van der Waals surface area (Å²) in [5.74, 6) is -0.126. The fourth-order valence-electron chi connectivity index (χ4n) is 3.25. The first kappa shape index (κ1) is 19.1. The molecule has 0 bridgehead atoms. The van der Waals surface area contributed by atoms with Crippen LogP contribution in [0.15, 0.2) is 71.4 Å². The maximum atomic E-state index is 12.8. The molecule has 0 unspecified atom stereocenters. The van der Waals surface area contributed by atoms with Crippen LogP contribution in [0.4, 0.5) is 5.69 Å². The minimum absolute atomic E-state index is 0.00458. The zero-order valence-corrected chi connectivity index (χ0v) is 15.3. The van der Waals surface area contributed by atoms with Gasteiger partial charge in [0.25, 0.3) is 11.6 Å². The third kappa shape index (κ3) is 3.87. The van der Waals surface area contributed by atoms with E-state index >= 15 is 0 Å². The molecule has 28 heavy (non-hydrogen) atoms. The summed E-state index contributed by atoms with van der Waals surface area (Å²) in [4.78, 5) is 27.8. The lowest BCUT2D eigenvalue weighted by Gasteiger charge is -2.43. The second-order valence-corrected chi connectivity index (χ2v) is 6.47. The summed E-state index contributed by atoms with van der Waals surface area (Å²) in [5, 5.41) is 14.6. The van der Waals surface area contributed by atoms with Crippen LogP contribution in [-0.4, -0.2) is 21.8 Å². The molecule has 2 atom stereocenters. The van der Waals surface area contributed by atoms with Gasteiger partial charge in [-0.3, -0.25) is 14.9 Å². The topological polar surface area (TPSA) is 112 Å². The molecule has 3 rings (SSSR count). The lowest BCUT2D eigenvalue weighted by molar-refractivity contribution is -0.384. The van der Waals surface area contributed by atoms with Crippen molar-refractivity contribution in [3.8, 4) is 0 Å². The van der Waals surface area contributed by atoms with Gasteiger partial charge in [-0.1, -0.05) is 48.4 Å². The second-order valence-electron chi connectivity index (χ2n) is 6.47. The van der Waals surface area contributed by atoms with E-state index < -0.39 is 11.0 Å². The van der Waals surface area contributed by atoms with Crippen LogP contribution in [0.5, 0.6) is 0 Å². The molecule has 1 aliphatic heterocycles. The first-order valence-corrected chi connectivity index (χ1v) is 8.90. The van der Waals surface area contributed by atoms with Crippen molar-refractivity contribution in [2.45, 2.75) is 32.0 Å². The van der Waals surface area contributed by atoms with Crippen LogP contribution in [0, 0.1) is 10.1 Å². The third-order valence-corrected chi connectivity index (χ3v) is 4.72. The van der Waals surface area contributed by atoms with E-state index in [2.05, 4.69) is 10.0 Å². The highest BCUT2D eigenvalue weighted by Gasteiger charge is 2.43. The molecule has 0 aromatic heterocycles. The molecular formula is C20H19N5O3. The van der Waals surface area contributed by atoms with Crippen molar-refractivity contribution >= 4 is 11.6 Å². The largest absolute Gasteiger partial charge is 0.323 e. The minimum Gasteiger partial charge on any atom is -0.323 e. The Morgan fingerprint density at radius 2 is 1.93 bits per heavy atom. The first-order valence-electron chi connectivity index (χ1n) is 8.90. The van der Waals surface area contributed by atoms with Crippen molar-refractivity contribution in [3.05, 3.63) is 97.9 Å². The molecule has 2 aromatic carbocycles. The van der Waals surface area contributed by atoms with E-state index in [9.17, 15) is 14.9 Å². The Morgan fingerprint density at radius 3 is 2.50 bits per heavy atom. The number of azide groups is 1. The van der Waals surface area contributed by atoms with Crippen LogP contribution in [-0.2, 0) is 11.3 Å². The van der Waals surface area contributed by atoms with Crippen molar-refractivity contribution in [2.24, 2.45) is 5.11 Å². The zero-order chi connectivity index (χ0) is 20.1. The number of hydrogen-bond donors (Lipinski definition) is 0. The van der Waals surface area contributed by atoms with Gasteiger partial charge in [-0.25, -0.2) is 0 Å². The number of non-ortho nitro benzene ring substituents is 1. The number of nitrogens with zero attached hydrogens (tertiary/aromatic N) is 5. The second kappa shape index (κ2) is 8.37. The lowest BCUT2D eigenvalue weighted by Crippen LogP contribution is -2.48. The Kier molecular flexibility index (Phi) is 5.72. The Balaban J connectivity index is 1.95. The maximum absolute atomic E-state index is 12.8. The smallest absolute Gasteiger partial charge is 0.269 e. The van der Waals surface area contributed by atoms with Crippen molar-refractivity contribution in [1.82, 2.24) is 4.90 Å². The van der Waals surface area contributed by atoms with Crippen molar-refractivity contribution in [2.75, 3.05) is 0 Å². The van der Waals surface area contributed by atoms with Crippen LogP contribution in [0.25, 0.3) is 10.4 Å². The molecule has 1 saturated heterocycles. The zero-order valence-electron chi connectivity index (χ0n) is 15.3. The highest BCUT2D eigenvalue weighted by atomic mass is 16.6. The minimum atomic E-state index is -0.455. The third-order valence-electron chi connectivity index (χ3n) is 4.72. The summed E-state index contributed by atoms with van der Waals surface area (Å²) in [5.41, 5.74) is 11.0. The molecule has 8 heteroatoms. The molecule has 1 amide bonds. The molecule has 8 nitrogen and oxygen atoms in total. The predicted octanol–water partition coefficient (Wildman–Crippen LogP) is 4.69. The van der Waals surface area contributed by atoms with Crippen LogP contribution in [0.1, 0.15) is 30.5 Å². The van der Waals surface area contributed by atoms with Crippen molar-refractivity contribution < 1.29 is 9.72 Å². The number of β-lactam (4-membered cyclic amide) rings is 1. The normalized spacial score (nSPS) is 18.3. The van der Waals surface area contributed by atoms with Gasteiger partial charge in [0.1, 0.15) is 0 Å². The van der Waals surface area contributed by atoms with Crippen molar-refractivity contribution in [3.63, 3.8) is 0 Å². The van der Waals surface area contributed by atoms with Gasteiger partial charge in [0.2, 0.25) is 0 Å². The molecule has 1 heterocycles. The number of carbonyl (C=O) groups excluding carboxylic acids is 1. The number of nitro benzene ring substituents is 1. The molecule has 0 radical (unpaired) electrons. The Bertz CT molecular complexity index is 950. The average Bonchev–Trinajstić information content (AvgIpc) is 2.72. The quantitative estimate of drug-likeness (QED) is 0.133. The van der Waals surface area contributed by atoms with Gasteiger partial charge in [-0.15, -0.1) is 0 Å². The standard InChI is InChI=1S/C20H19N5O3/c1-2-16(22-23-21)12-18-19(15-8-10-17(11-9-15)25(27)28)24(20(18)26)13-14-6-4-3-5-7-14/h3-12,16,19H,2,13H2,1H3/b18-12-/t16-,19-/m1/s1. The van der Waals surface area contributed by atoms with Gasteiger partial charge in [-0.05, 0) is 35.2 Å². The number of carbonyl (C=O) groups is 1. The predicted molar refractivity (Wildman–Crippen MR) is 104 cm³/mol. The molecule has 0 aliphatic carbocycles. The monoisotopic (exact) mass is 377 g/mol. The maximum Gasteiger partial charge on any atom is 0.269 e. The molecule has 2 aromatic rings. The van der Waals surface area contributed by atoms with E-state index in [1.54, 1.807) is 23.1 Å². The lowest BCUT2D eigenvalue weighted by atomic mass is 9.86. The molecule has 1 aliphatic rings. The Hall–Kier alpha value is -3.64. The van der Waals surface area contributed by atoms with E-state index in [1.807, 2.05) is 37.3 Å². The molecule has 0 spiro atoms. The van der Waals surface area contributed by atoms with Gasteiger partial charge in [-0.2, -0.15) is 0 Å². The van der Waals surface area contributed by atoms with Gasteiger partial charge >= 0.3 is 0 Å². The SMILES string of the molecule is CC[C@H](/C=C1\C(=O)N(Cc2ccccc2)[C@@H]1c1ccc([N+](=O)[O-])cc1)N=[N+]=[N-]. The summed E-state index contributed by atoms with van der Waals surface area (Å²) in [6.45, 7) is 2.30. The van der Waals surface area contributed by atoms with Crippen molar-refractivity contribution in [1.29, 1.82) is 0 Å². The molecule has 0 N–H and O–H groups in total. The fourth-order valence-corrected chi connectivity index (χ4v) is 3.25. The van der Waals surface area contributed by atoms with Gasteiger partial charge in [0, 0.05) is 29.2 Å². The summed E-state index contributed by atoms with van der Waals surface area (Å²) >= 11 is 0. The number of likely N-dealkylation sites (tertiary alicyclic amines) is 1. The molecule has 142 valence electrons. The van der Waals surface area contributed by atoms with Crippen LogP contribution >= 0.6 is 0 Å². The summed E-state index contributed by atoms with van der Waals surface area (Å²) in [7, 11) is 0. The van der Waals surface area contributed by atoms with E-state index in [0.717, 1.165) is 11.1 Å². The van der Waals surface area contributed by atoms with Crippen LogP contribution < -0.4 is 0 Å². The number of benzene rings is 2. The number of hydrogen-bond acceptors (Lipinski definition) is 4. The number of rotatable bonds is 7. The summed E-state index contributed by atoms with van der Waals surface area (Å²) in [6.07, 6.45) is 2.28. The number of nitro groups is 1. The van der Waals surface area contributed by atoms with Crippen LogP contribution in [0.2, 0.25) is 0 Å². The van der Waals surface area contributed by atoms with Gasteiger partial charge in [0.15, 0.2) is 0 Å². The Labute approximate surface area is 161 Å². The van der Waals surface area contributed by atoms with Gasteiger partial charge in [0.05, 0.1) is 17.0 Å². The first-order chi connectivity index (χ1) is 13.5. The molecular weight excluding hydrogens is 358 g/mol. The molecule has 0 saturated carbocycles.